The van der Waals surface area contributed by atoms with Crippen molar-refractivity contribution in [1.29, 1.82) is 0 Å². The number of amides is 1. The topological polar surface area (TPSA) is 130 Å². The molecule has 1 unspecified atom stereocenters. The summed E-state index contributed by atoms with van der Waals surface area (Å²) in [5.41, 5.74) is 3.73. The number of carbonyl (C=O) groups excluding carboxylic acids is 2. The summed E-state index contributed by atoms with van der Waals surface area (Å²) < 4.78 is 8.07. The Balaban J connectivity index is 1.31. The summed E-state index contributed by atoms with van der Waals surface area (Å²) in [5, 5.41) is 33.4. The highest BCUT2D eigenvalue weighted by Crippen LogP contribution is 2.46. The highest BCUT2D eigenvalue weighted by atomic mass is 32.2. The number of phenolic OH excluding ortho intramolecular Hbond substituents is 1. The van der Waals surface area contributed by atoms with E-state index in [1.807, 2.05) is 47.9 Å². The minimum absolute atomic E-state index is 0.0951. The Morgan fingerprint density at radius 3 is 2.64 bits per heavy atom. The van der Waals surface area contributed by atoms with Crippen LogP contribution in [-0.4, -0.2) is 48.1 Å². The SMILES string of the molecule is CCOc1cc(C2C(=C(O)c3nc4c(C)cccn4c3C)C(=O)C(=O)N2c2nnc(SCc3cccc4ccccc34)s2)ccc1O. The molecule has 1 saturated heterocycles. The van der Waals surface area contributed by atoms with Gasteiger partial charge in [0.2, 0.25) is 5.13 Å². The number of Topliss-reactive ketones (excluding diaryl/α,β-unsaturated/α-hetero) is 1. The average Bonchev–Trinajstić information content (AvgIpc) is 3.76. The molecule has 3 aromatic heterocycles. The van der Waals surface area contributed by atoms with E-state index in [0.717, 1.165) is 21.9 Å². The molecule has 0 bridgehead atoms. The normalized spacial score (nSPS) is 16.1. The van der Waals surface area contributed by atoms with Crippen LogP contribution in [0.1, 0.15) is 41.0 Å². The van der Waals surface area contributed by atoms with E-state index in [-0.39, 0.29) is 34.5 Å². The van der Waals surface area contributed by atoms with Gasteiger partial charge in [-0.25, -0.2) is 4.98 Å². The van der Waals surface area contributed by atoms with Crippen molar-refractivity contribution in [3.8, 4) is 11.5 Å². The average molecular weight is 664 g/mol. The number of thioether (sulfide) groups is 1. The van der Waals surface area contributed by atoms with E-state index < -0.39 is 23.5 Å². The van der Waals surface area contributed by atoms with Gasteiger partial charge in [-0.3, -0.25) is 14.5 Å². The minimum atomic E-state index is -1.09. The molecule has 4 heterocycles. The fraction of sp³-hybridized carbons (Fsp3) is 0.171. The Labute approximate surface area is 278 Å². The fourth-order valence-corrected chi connectivity index (χ4v) is 7.78. The van der Waals surface area contributed by atoms with Crippen LogP contribution in [0.5, 0.6) is 11.5 Å². The molecule has 1 aliphatic heterocycles. The van der Waals surface area contributed by atoms with Gasteiger partial charge in [0.1, 0.15) is 11.3 Å². The van der Waals surface area contributed by atoms with Crippen molar-refractivity contribution in [2.45, 2.75) is 36.9 Å². The molecule has 0 aliphatic carbocycles. The second-order valence-corrected chi connectivity index (χ2v) is 13.2. The predicted octanol–water partition coefficient (Wildman–Crippen LogP) is 6.98. The maximum Gasteiger partial charge on any atom is 0.301 e. The van der Waals surface area contributed by atoms with E-state index in [2.05, 4.69) is 39.4 Å². The second-order valence-electron chi connectivity index (χ2n) is 11.0. The predicted molar refractivity (Wildman–Crippen MR) is 182 cm³/mol. The number of ketones is 1. The van der Waals surface area contributed by atoms with Gasteiger partial charge in [-0.2, -0.15) is 0 Å². The van der Waals surface area contributed by atoms with E-state index in [1.54, 1.807) is 26.0 Å². The first-order chi connectivity index (χ1) is 22.8. The number of benzene rings is 3. The van der Waals surface area contributed by atoms with Crippen molar-refractivity contribution in [3.63, 3.8) is 0 Å². The summed E-state index contributed by atoms with van der Waals surface area (Å²) in [6.45, 7) is 5.76. The van der Waals surface area contributed by atoms with E-state index >= 15 is 0 Å². The van der Waals surface area contributed by atoms with Crippen molar-refractivity contribution in [3.05, 3.63) is 113 Å². The third kappa shape index (κ3) is 5.29. The molecule has 3 aromatic carbocycles. The van der Waals surface area contributed by atoms with Crippen LogP contribution in [-0.2, 0) is 15.3 Å². The molecule has 1 aliphatic rings. The molecule has 6 aromatic rings. The molecule has 10 nitrogen and oxygen atoms in total. The van der Waals surface area contributed by atoms with Gasteiger partial charge in [-0.1, -0.05) is 77.7 Å². The first-order valence-electron chi connectivity index (χ1n) is 14.9. The van der Waals surface area contributed by atoms with Crippen molar-refractivity contribution < 1.29 is 24.5 Å². The number of ether oxygens (including phenoxy) is 1. The molecule has 12 heteroatoms. The van der Waals surface area contributed by atoms with Gasteiger partial charge in [-0.05, 0) is 66.4 Å². The highest BCUT2D eigenvalue weighted by Gasteiger charge is 2.49. The lowest BCUT2D eigenvalue weighted by atomic mass is 9.96. The first-order valence-corrected chi connectivity index (χ1v) is 16.7. The number of aryl methyl sites for hydroxylation is 2. The summed E-state index contributed by atoms with van der Waals surface area (Å²) in [6.07, 6.45) is 1.82. The number of aromatic hydroxyl groups is 1. The molecule has 0 radical (unpaired) electrons. The van der Waals surface area contributed by atoms with Crippen molar-refractivity contribution in [2.24, 2.45) is 0 Å². The molecule has 47 heavy (non-hydrogen) atoms. The van der Waals surface area contributed by atoms with Crippen LogP contribution in [0, 0.1) is 13.8 Å². The molecule has 2 N–H and O–H groups in total. The molecule has 1 fully saturated rings. The third-order valence-corrected chi connectivity index (χ3v) is 10.3. The summed E-state index contributed by atoms with van der Waals surface area (Å²) in [7, 11) is 0. The van der Waals surface area contributed by atoms with Crippen LogP contribution in [0.4, 0.5) is 5.13 Å². The second kappa shape index (κ2) is 12.2. The lowest BCUT2D eigenvalue weighted by molar-refractivity contribution is -0.132. The smallest absolute Gasteiger partial charge is 0.301 e. The van der Waals surface area contributed by atoms with Crippen molar-refractivity contribution in [1.82, 2.24) is 19.6 Å². The number of pyridine rings is 1. The standard InChI is InChI=1S/C35H29N5O5S2/c1-4-45-26-17-22(14-15-25(26)41)29-27(30(42)28-20(3)39-16-8-9-19(2)32(39)36-28)31(43)33(44)40(29)34-37-38-35(47-34)46-18-23-12-7-11-21-10-5-6-13-24(21)23/h5-17,29,41-42H,4,18H2,1-3H3. The Morgan fingerprint density at radius 2 is 1.83 bits per heavy atom. The molecule has 7 rings (SSSR count). The number of imidazole rings is 1. The fourth-order valence-electron chi connectivity index (χ4n) is 5.91. The molecule has 236 valence electrons. The third-order valence-electron chi connectivity index (χ3n) is 8.19. The van der Waals surface area contributed by atoms with Crippen LogP contribution < -0.4 is 9.64 Å². The lowest BCUT2D eigenvalue weighted by Gasteiger charge is -2.23. The Morgan fingerprint density at radius 1 is 1.02 bits per heavy atom. The largest absolute Gasteiger partial charge is 0.505 e. The number of hydrogen-bond donors (Lipinski definition) is 2. The quantitative estimate of drug-likeness (QED) is 0.0582. The number of aliphatic hydroxyl groups is 1. The number of rotatable bonds is 8. The molecular formula is C35H29N5O5S2. The molecule has 0 spiro atoms. The van der Waals surface area contributed by atoms with E-state index in [9.17, 15) is 19.8 Å². The van der Waals surface area contributed by atoms with Gasteiger partial charge in [0, 0.05) is 11.9 Å². The number of aliphatic hydroxyl groups excluding tert-OH is 1. The molecule has 1 amide bonds. The monoisotopic (exact) mass is 663 g/mol. The van der Waals surface area contributed by atoms with Gasteiger partial charge in [0.25, 0.3) is 5.78 Å². The number of nitrogens with zero attached hydrogens (tertiary/aromatic N) is 5. The van der Waals surface area contributed by atoms with Crippen molar-refractivity contribution >= 4 is 62.1 Å². The molecular weight excluding hydrogens is 635 g/mol. The van der Waals surface area contributed by atoms with E-state index in [1.165, 1.54) is 34.1 Å². The summed E-state index contributed by atoms with van der Waals surface area (Å²) >= 11 is 2.67. The van der Waals surface area contributed by atoms with E-state index in [4.69, 9.17) is 4.74 Å². The van der Waals surface area contributed by atoms with Gasteiger partial charge >= 0.3 is 5.91 Å². The zero-order chi connectivity index (χ0) is 32.8. The van der Waals surface area contributed by atoms with Crippen LogP contribution in [0.15, 0.2) is 88.9 Å². The van der Waals surface area contributed by atoms with Gasteiger partial charge in [0.15, 0.2) is 21.6 Å². The maximum absolute atomic E-state index is 13.8. The first kappa shape index (κ1) is 30.5. The summed E-state index contributed by atoms with van der Waals surface area (Å²) in [6, 6.07) is 21.6. The Hall–Kier alpha value is -5.20. The van der Waals surface area contributed by atoms with Crippen molar-refractivity contribution in [2.75, 3.05) is 11.5 Å². The van der Waals surface area contributed by atoms with E-state index in [0.29, 0.717) is 27.0 Å². The highest BCUT2D eigenvalue weighted by molar-refractivity contribution is 8.00. The van der Waals surface area contributed by atoms with Gasteiger partial charge in [-0.15, -0.1) is 10.2 Å². The van der Waals surface area contributed by atoms with Gasteiger partial charge in [0.05, 0.1) is 23.9 Å². The number of anilines is 1. The van der Waals surface area contributed by atoms with Crippen LogP contribution in [0.3, 0.4) is 0 Å². The number of phenols is 1. The number of hydrogen-bond acceptors (Lipinski definition) is 10. The Kier molecular flexibility index (Phi) is 7.90. The van der Waals surface area contributed by atoms with Gasteiger partial charge < -0.3 is 19.4 Å². The summed E-state index contributed by atoms with van der Waals surface area (Å²) in [5.74, 6) is -1.44. The van der Waals surface area contributed by atoms with Crippen LogP contribution >= 0.6 is 23.1 Å². The number of fused-ring (bicyclic) bond motifs is 2. The maximum atomic E-state index is 13.8. The zero-order valence-corrected chi connectivity index (χ0v) is 27.3. The number of carbonyl (C=O) groups is 2. The minimum Gasteiger partial charge on any atom is -0.505 e. The lowest BCUT2D eigenvalue weighted by Crippen LogP contribution is -2.29. The molecule has 0 saturated carbocycles. The zero-order valence-electron chi connectivity index (χ0n) is 25.7. The molecule has 1 atom stereocenters. The summed E-state index contributed by atoms with van der Waals surface area (Å²) in [4.78, 5) is 33.6. The van der Waals surface area contributed by atoms with Crippen LogP contribution in [0.25, 0.3) is 22.2 Å². The Bertz CT molecular complexity index is 2240. The van der Waals surface area contributed by atoms with Crippen LogP contribution in [0.2, 0.25) is 0 Å². The number of aromatic nitrogens is 4.